The molecular weight excluding hydrogens is 370 g/mol. The smallest absolute Gasteiger partial charge is 0.261 e. The quantitative estimate of drug-likeness (QED) is 0.688. The second-order valence-electron chi connectivity index (χ2n) is 7.23. The van der Waals surface area contributed by atoms with Crippen molar-refractivity contribution in [2.24, 2.45) is 0 Å². The van der Waals surface area contributed by atoms with Gasteiger partial charge < -0.3 is 9.80 Å². The molecule has 29 heavy (non-hydrogen) atoms. The Labute approximate surface area is 170 Å². The molecule has 1 aliphatic heterocycles. The molecule has 1 aromatic heterocycles. The maximum Gasteiger partial charge on any atom is 0.261 e. The van der Waals surface area contributed by atoms with Gasteiger partial charge in [0.25, 0.3) is 5.56 Å². The van der Waals surface area contributed by atoms with Crippen molar-refractivity contribution < 1.29 is 9.59 Å². The molecule has 1 saturated heterocycles. The van der Waals surface area contributed by atoms with Crippen molar-refractivity contribution in [3.63, 3.8) is 0 Å². The van der Waals surface area contributed by atoms with Crippen LogP contribution in [0.3, 0.4) is 0 Å². The number of likely N-dealkylation sites (N-methyl/N-ethyl adjacent to an activating group) is 1. The zero-order valence-corrected chi connectivity index (χ0v) is 17.2. The van der Waals surface area contributed by atoms with Crippen LogP contribution >= 0.6 is 0 Å². The lowest BCUT2D eigenvalue weighted by Crippen LogP contribution is -2.51. The van der Waals surface area contributed by atoms with E-state index in [0.717, 1.165) is 13.1 Å². The topological polar surface area (TPSA) is 78.8 Å². The van der Waals surface area contributed by atoms with Crippen molar-refractivity contribution in [2.45, 2.75) is 26.8 Å². The molecule has 0 unspecified atom stereocenters. The van der Waals surface area contributed by atoms with Gasteiger partial charge in [0, 0.05) is 52.2 Å². The summed E-state index contributed by atoms with van der Waals surface area (Å²) in [4.78, 5) is 47.4. The van der Waals surface area contributed by atoms with Crippen LogP contribution < -0.4 is 5.56 Å². The third-order valence-electron chi connectivity index (χ3n) is 5.50. The highest BCUT2D eigenvalue weighted by Gasteiger charge is 2.23. The van der Waals surface area contributed by atoms with Crippen LogP contribution in [0.2, 0.25) is 0 Å². The number of para-hydroxylation sites is 1. The van der Waals surface area contributed by atoms with E-state index in [1.165, 1.54) is 10.9 Å². The molecule has 156 valence electrons. The average molecular weight is 399 g/mol. The summed E-state index contributed by atoms with van der Waals surface area (Å²) in [6, 6.07) is 7.21. The fourth-order valence-corrected chi connectivity index (χ4v) is 3.66. The van der Waals surface area contributed by atoms with Gasteiger partial charge in [-0.1, -0.05) is 12.1 Å². The Morgan fingerprint density at radius 2 is 1.76 bits per heavy atom. The van der Waals surface area contributed by atoms with Crippen molar-refractivity contribution in [3.05, 3.63) is 40.9 Å². The SMILES string of the molecule is CCN(CC)C(=O)CN1CCN(C(=O)CCn2cnc3ccccc3c2=O)CC1. The van der Waals surface area contributed by atoms with E-state index in [9.17, 15) is 14.4 Å². The first-order valence-corrected chi connectivity index (χ1v) is 10.3. The Bertz CT molecular complexity index is 914. The van der Waals surface area contributed by atoms with Crippen LogP contribution in [-0.4, -0.2) is 81.9 Å². The Morgan fingerprint density at radius 3 is 2.45 bits per heavy atom. The maximum absolute atomic E-state index is 12.6. The van der Waals surface area contributed by atoms with Gasteiger partial charge in [-0.05, 0) is 26.0 Å². The molecule has 2 heterocycles. The van der Waals surface area contributed by atoms with Crippen LogP contribution in [-0.2, 0) is 16.1 Å². The van der Waals surface area contributed by atoms with Crippen molar-refractivity contribution >= 4 is 22.7 Å². The number of hydrogen-bond donors (Lipinski definition) is 0. The normalized spacial score (nSPS) is 14.9. The summed E-state index contributed by atoms with van der Waals surface area (Å²) >= 11 is 0. The Balaban J connectivity index is 1.50. The Morgan fingerprint density at radius 1 is 1.07 bits per heavy atom. The zero-order chi connectivity index (χ0) is 20.8. The molecule has 8 nitrogen and oxygen atoms in total. The van der Waals surface area contributed by atoms with Gasteiger partial charge >= 0.3 is 0 Å². The summed E-state index contributed by atoms with van der Waals surface area (Å²) in [6.45, 7) is 8.71. The molecule has 8 heteroatoms. The molecule has 1 aromatic carbocycles. The van der Waals surface area contributed by atoms with E-state index in [1.807, 2.05) is 35.8 Å². The molecule has 1 fully saturated rings. The van der Waals surface area contributed by atoms with E-state index < -0.39 is 0 Å². The molecule has 2 amide bonds. The lowest BCUT2D eigenvalue weighted by Gasteiger charge is -2.35. The molecule has 0 N–H and O–H groups in total. The van der Waals surface area contributed by atoms with Gasteiger partial charge in [-0.25, -0.2) is 4.98 Å². The van der Waals surface area contributed by atoms with E-state index >= 15 is 0 Å². The van der Waals surface area contributed by atoms with Crippen molar-refractivity contribution in [2.75, 3.05) is 45.8 Å². The average Bonchev–Trinajstić information content (AvgIpc) is 2.74. The molecule has 0 aliphatic carbocycles. The van der Waals surface area contributed by atoms with E-state index in [0.29, 0.717) is 50.2 Å². The summed E-state index contributed by atoms with van der Waals surface area (Å²) in [5.74, 6) is 0.165. The number of piperazine rings is 1. The molecule has 2 aromatic rings. The van der Waals surface area contributed by atoms with Crippen LogP contribution in [0.4, 0.5) is 0 Å². The summed E-state index contributed by atoms with van der Waals surface area (Å²) in [6.07, 6.45) is 1.77. The molecule has 0 bridgehead atoms. The molecule has 0 saturated carbocycles. The van der Waals surface area contributed by atoms with E-state index in [2.05, 4.69) is 9.88 Å². The van der Waals surface area contributed by atoms with E-state index in [1.54, 1.807) is 12.1 Å². The summed E-state index contributed by atoms with van der Waals surface area (Å²) in [5.41, 5.74) is 0.540. The summed E-state index contributed by atoms with van der Waals surface area (Å²) in [7, 11) is 0. The van der Waals surface area contributed by atoms with Crippen molar-refractivity contribution in [1.82, 2.24) is 24.3 Å². The lowest BCUT2D eigenvalue weighted by atomic mass is 10.2. The van der Waals surface area contributed by atoms with E-state index in [4.69, 9.17) is 0 Å². The highest BCUT2D eigenvalue weighted by atomic mass is 16.2. The third kappa shape index (κ3) is 5.00. The van der Waals surface area contributed by atoms with Crippen LogP contribution in [0.15, 0.2) is 35.4 Å². The van der Waals surface area contributed by atoms with E-state index in [-0.39, 0.29) is 23.8 Å². The number of carbonyl (C=O) groups excluding carboxylic acids is 2. The fraction of sp³-hybridized carbons (Fsp3) is 0.524. The van der Waals surface area contributed by atoms with Gasteiger partial charge in [0.15, 0.2) is 0 Å². The number of hydrogen-bond acceptors (Lipinski definition) is 5. The molecule has 0 spiro atoms. The van der Waals surface area contributed by atoms with Gasteiger partial charge in [0.05, 0.1) is 23.8 Å². The van der Waals surface area contributed by atoms with Gasteiger partial charge in [0.2, 0.25) is 11.8 Å². The van der Waals surface area contributed by atoms with Gasteiger partial charge in [-0.3, -0.25) is 23.9 Å². The lowest BCUT2D eigenvalue weighted by molar-refractivity contribution is -0.135. The van der Waals surface area contributed by atoms with Crippen LogP contribution in [0, 0.1) is 0 Å². The Hall–Kier alpha value is -2.74. The Kier molecular flexibility index (Phi) is 6.98. The standard InChI is InChI=1S/C21H29N5O3/c1-3-24(4-2)20(28)15-23-11-13-25(14-12-23)19(27)9-10-26-16-22-18-8-6-5-7-17(18)21(26)29/h5-8,16H,3-4,9-15H2,1-2H3. The number of nitrogens with zero attached hydrogens (tertiary/aromatic N) is 5. The predicted octanol–water partition coefficient (Wildman–Crippen LogP) is 0.799. The summed E-state index contributed by atoms with van der Waals surface area (Å²) < 4.78 is 1.50. The number of aromatic nitrogens is 2. The van der Waals surface area contributed by atoms with Crippen LogP contribution in [0.1, 0.15) is 20.3 Å². The third-order valence-corrected chi connectivity index (χ3v) is 5.50. The van der Waals surface area contributed by atoms with Crippen molar-refractivity contribution in [1.29, 1.82) is 0 Å². The molecule has 1 aliphatic rings. The minimum atomic E-state index is -0.122. The van der Waals surface area contributed by atoms with Crippen LogP contribution in [0.5, 0.6) is 0 Å². The van der Waals surface area contributed by atoms with Crippen LogP contribution in [0.25, 0.3) is 10.9 Å². The maximum atomic E-state index is 12.6. The molecular formula is C21H29N5O3. The van der Waals surface area contributed by atoms with Gasteiger partial charge in [-0.2, -0.15) is 0 Å². The number of rotatable bonds is 7. The monoisotopic (exact) mass is 399 g/mol. The largest absolute Gasteiger partial charge is 0.342 e. The second kappa shape index (κ2) is 9.65. The minimum absolute atomic E-state index is 0.0276. The highest BCUT2D eigenvalue weighted by molar-refractivity contribution is 5.79. The van der Waals surface area contributed by atoms with Gasteiger partial charge in [0.1, 0.15) is 0 Å². The highest BCUT2D eigenvalue weighted by Crippen LogP contribution is 2.07. The van der Waals surface area contributed by atoms with Crippen molar-refractivity contribution in [3.8, 4) is 0 Å². The number of fused-ring (bicyclic) bond motifs is 1. The second-order valence-corrected chi connectivity index (χ2v) is 7.23. The first-order chi connectivity index (χ1) is 14.0. The number of amides is 2. The zero-order valence-electron chi connectivity index (χ0n) is 17.2. The molecule has 0 radical (unpaired) electrons. The predicted molar refractivity (Wildman–Crippen MR) is 112 cm³/mol. The number of carbonyl (C=O) groups is 2. The number of aryl methyl sites for hydroxylation is 1. The van der Waals surface area contributed by atoms with Gasteiger partial charge in [-0.15, -0.1) is 0 Å². The molecule has 3 rings (SSSR count). The first kappa shape index (κ1) is 21.0. The summed E-state index contributed by atoms with van der Waals surface area (Å²) in [5, 5.41) is 0.564. The number of benzene rings is 1. The fourth-order valence-electron chi connectivity index (χ4n) is 3.66. The first-order valence-electron chi connectivity index (χ1n) is 10.3. The minimum Gasteiger partial charge on any atom is -0.342 e. The molecule has 0 atom stereocenters.